The highest BCUT2D eigenvalue weighted by Gasteiger charge is 2.21. The lowest BCUT2D eigenvalue weighted by Crippen LogP contribution is -2.25. The van der Waals surface area contributed by atoms with E-state index in [0.29, 0.717) is 29.8 Å². The summed E-state index contributed by atoms with van der Waals surface area (Å²) < 4.78 is 13.1. The number of nitrogens with zero attached hydrogens (tertiary/aromatic N) is 2. The summed E-state index contributed by atoms with van der Waals surface area (Å²) in [5.41, 5.74) is 1.87. The number of amides is 2. The first-order chi connectivity index (χ1) is 15.8. The molecule has 33 heavy (non-hydrogen) atoms. The zero-order valence-electron chi connectivity index (χ0n) is 18.4. The highest BCUT2D eigenvalue weighted by atomic mass is 32.2. The van der Waals surface area contributed by atoms with Crippen LogP contribution < -0.4 is 16.2 Å². The van der Waals surface area contributed by atoms with E-state index in [1.54, 1.807) is 19.1 Å². The average molecular weight is 470 g/mol. The van der Waals surface area contributed by atoms with Crippen molar-refractivity contribution in [2.75, 3.05) is 10.6 Å². The van der Waals surface area contributed by atoms with E-state index < -0.39 is 16.6 Å². The molecule has 0 unspecified atom stereocenters. The Morgan fingerprint density at radius 3 is 2.45 bits per heavy atom. The fourth-order valence-electron chi connectivity index (χ4n) is 2.97. The number of carbonyl (C=O) groups is 2. The van der Waals surface area contributed by atoms with Gasteiger partial charge in [0.05, 0.1) is 10.9 Å². The van der Waals surface area contributed by atoms with Crippen LogP contribution in [0.3, 0.4) is 0 Å². The monoisotopic (exact) mass is 469 g/mol. The topological polar surface area (TPSA) is 117 Å². The number of aromatic nitrogens is 3. The Kier molecular flexibility index (Phi) is 7.94. The molecule has 8 nitrogen and oxygen atoms in total. The van der Waals surface area contributed by atoms with Crippen molar-refractivity contribution < 1.29 is 14.0 Å². The third-order valence-electron chi connectivity index (χ3n) is 4.73. The molecule has 1 aromatic heterocycles. The van der Waals surface area contributed by atoms with Gasteiger partial charge in [0, 0.05) is 17.7 Å². The van der Waals surface area contributed by atoms with E-state index in [1.165, 1.54) is 24.3 Å². The molecule has 0 spiro atoms. The van der Waals surface area contributed by atoms with Crippen molar-refractivity contribution in [2.45, 2.75) is 44.0 Å². The number of aryl methyl sites for hydroxylation is 1. The number of nitrogens with one attached hydrogen (secondary N) is 3. The molecule has 0 saturated heterocycles. The summed E-state index contributed by atoms with van der Waals surface area (Å²) in [5, 5.41) is 13.3. The van der Waals surface area contributed by atoms with Gasteiger partial charge in [-0.25, -0.2) is 4.39 Å². The van der Waals surface area contributed by atoms with Gasteiger partial charge in [0.1, 0.15) is 5.82 Å². The van der Waals surface area contributed by atoms with Gasteiger partial charge >= 0.3 is 0 Å². The van der Waals surface area contributed by atoms with Gasteiger partial charge in [0.25, 0.3) is 5.56 Å². The van der Waals surface area contributed by atoms with Crippen LogP contribution >= 0.6 is 11.8 Å². The lowest BCUT2D eigenvalue weighted by atomic mass is 10.1. The molecular weight excluding hydrogens is 445 g/mol. The van der Waals surface area contributed by atoms with Crippen LogP contribution in [0.25, 0.3) is 11.3 Å². The Labute approximate surface area is 194 Å². The Hall–Kier alpha value is -3.53. The summed E-state index contributed by atoms with van der Waals surface area (Å²) in [6, 6.07) is 10.8. The number of hydrogen-bond acceptors (Lipinski definition) is 6. The molecule has 172 valence electrons. The minimum Gasteiger partial charge on any atom is -0.325 e. The molecule has 2 amide bonds. The summed E-state index contributed by atoms with van der Waals surface area (Å²) in [7, 11) is 0. The lowest BCUT2D eigenvalue weighted by molar-refractivity contribution is -0.116. The van der Waals surface area contributed by atoms with Crippen molar-refractivity contribution in [1.82, 2.24) is 15.2 Å². The Morgan fingerprint density at radius 1 is 1.09 bits per heavy atom. The van der Waals surface area contributed by atoms with Crippen LogP contribution in [0, 0.1) is 12.7 Å². The summed E-state index contributed by atoms with van der Waals surface area (Å²) in [5.74, 6) is -0.882. The van der Waals surface area contributed by atoms with Crippen molar-refractivity contribution in [1.29, 1.82) is 0 Å². The Balaban J connectivity index is 1.81. The SMILES string of the molecule is CCC(=O)Nc1ccc(C)cc1-c1nnc(S[C@H](CC)C(=O)Nc2ccc(F)cc2)[nH]c1=O. The molecule has 3 N–H and O–H groups in total. The minimum atomic E-state index is -0.552. The van der Waals surface area contributed by atoms with E-state index in [4.69, 9.17) is 0 Å². The molecule has 0 aliphatic carbocycles. The summed E-state index contributed by atoms with van der Waals surface area (Å²) in [4.78, 5) is 39.9. The fraction of sp³-hybridized carbons (Fsp3) is 0.261. The van der Waals surface area contributed by atoms with Crippen molar-refractivity contribution in [3.8, 4) is 11.3 Å². The van der Waals surface area contributed by atoms with Gasteiger partial charge in [-0.2, -0.15) is 0 Å². The van der Waals surface area contributed by atoms with Crippen LogP contribution in [-0.4, -0.2) is 32.2 Å². The van der Waals surface area contributed by atoms with Crippen LogP contribution in [0.5, 0.6) is 0 Å². The first-order valence-corrected chi connectivity index (χ1v) is 11.3. The first kappa shape index (κ1) is 24.1. The van der Waals surface area contributed by atoms with E-state index in [2.05, 4.69) is 25.8 Å². The smallest absolute Gasteiger partial charge is 0.278 e. The molecule has 10 heteroatoms. The molecular formula is C23H24FN5O3S. The van der Waals surface area contributed by atoms with E-state index in [9.17, 15) is 18.8 Å². The molecule has 1 atom stereocenters. The van der Waals surface area contributed by atoms with Gasteiger partial charge < -0.3 is 10.6 Å². The maximum absolute atomic E-state index is 13.1. The Bertz CT molecular complexity index is 1210. The van der Waals surface area contributed by atoms with E-state index >= 15 is 0 Å². The molecule has 0 aliphatic heterocycles. The quantitative estimate of drug-likeness (QED) is 0.427. The van der Waals surface area contributed by atoms with Crippen LogP contribution in [0.15, 0.2) is 52.4 Å². The van der Waals surface area contributed by atoms with Crippen molar-refractivity contribution in [3.05, 3.63) is 64.2 Å². The molecule has 0 aliphatic rings. The first-order valence-electron chi connectivity index (χ1n) is 10.4. The number of carbonyl (C=O) groups excluding carboxylic acids is 2. The van der Waals surface area contributed by atoms with Gasteiger partial charge in [-0.3, -0.25) is 19.4 Å². The highest BCUT2D eigenvalue weighted by Crippen LogP contribution is 2.27. The molecule has 0 saturated carbocycles. The highest BCUT2D eigenvalue weighted by molar-refractivity contribution is 8.00. The second-order valence-corrected chi connectivity index (χ2v) is 8.46. The second kappa shape index (κ2) is 10.9. The zero-order valence-corrected chi connectivity index (χ0v) is 19.3. The number of rotatable bonds is 8. The number of H-pyrrole nitrogens is 1. The second-order valence-electron chi connectivity index (χ2n) is 7.27. The predicted molar refractivity (Wildman–Crippen MR) is 127 cm³/mol. The summed E-state index contributed by atoms with van der Waals surface area (Å²) >= 11 is 1.07. The van der Waals surface area contributed by atoms with Crippen molar-refractivity contribution >= 4 is 35.0 Å². The van der Waals surface area contributed by atoms with Crippen LogP contribution in [0.2, 0.25) is 0 Å². The average Bonchev–Trinajstić information content (AvgIpc) is 2.80. The number of anilines is 2. The number of hydrogen-bond donors (Lipinski definition) is 3. The van der Waals surface area contributed by atoms with Crippen molar-refractivity contribution in [3.63, 3.8) is 0 Å². The minimum absolute atomic E-state index is 0.0678. The zero-order chi connectivity index (χ0) is 24.0. The third-order valence-corrected chi connectivity index (χ3v) is 5.97. The number of halogens is 1. The van der Waals surface area contributed by atoms with Gasteiger partial charge in [-0.1, -0.05) is 37.2 Å². The maximum Gasteiger partial charge on any atom is 0.278 e. The lowest BCUT2D eigenvalue weighted by Gasteiger charge is -2.14. The standard InChI is InChI=1S/C23H24FN5O3S/c1-4-18(21(31)25-15-9-7-14(24)8-10-15)33-23-27-22(32)20(28-29-23)16-12-13(3)6-11-17(16)26-19(30)5-2/h6-12,18H,4-5H2,1-3H3,(H,25,31)(H,26,30)(H,27,29,32)/t18-/m1/s1. The number of aromatic amines is 1. The van der Waals surface area contributed by atoms with E-state index in [1.807, 2.05) is 19.9 Å². The fourth-order valence-corrected chi connectivity index (χ4v) is 3.81. The van der Waals surface area contributed by atoms with Crippen molar-refractivity contribution in [2.24, 2.45) is 0 Å². The molecule has 0 bridgehead atoms. The summed E-state index contributed by atoms with van der Waals surface area (Å²) in [6.07, 6.45) is 0.761. The molecule has 0 fully saturated rings. The molecule has 3 rings (SSSR count). The largest absolute Gasteiger partial charge is 0.325 e. The maximum atomic E-state index is 13.1. The molecule has 3 aromatic rings. The van der Waals surface area contributed by atoms with Crippen LogP contribution in [0.4, 0.5) is 15.8 Å². The van der Waals surface area contributed by atoms with Gasteiger partial charge in [-0.05, 0) is 49.7 Å². The Morgan fingerprint density at radius 2 is 1.82 bits per heavy atom. The van der Waals surface area contributed by atoms with Gasteiger partial charge in [-0.15, -0.1) is 10.2 Å². The van der Waals surface area contributed by atoms with E-state index in [0.717, 1.165) is 17.3 Å². The molecule has 1 heterocycles. The predicted octanol–water partition coefficient (Wildman–Crippen LogP) is 4.14. The van der Waals surface area contributed by atoms with E-state index in [-0.39, 0.29) is 22.7 Å². The normalized spacial score (nSPS) is 11.6. The van der Waals surface area contributed by atoms with Crippen LogP contribution in [0.1, 0.15) is 32.3 Å². The molecule has 2 aromatic carbocycles. The van der Waals surface area contributed by atoms with Gasteiger partial charge in [0.15, 0.2) is 10.9 Å². The van der Waals surface area contributed by atoms with Gasteiger partial charge in [0.2, 0.25) is 11.8 Å². The number of benzene rings is 2. The molecule has 0 radical (unpaired) electrons. The van der Waals surface area contributed by atoms with Crippen LogP contribution in [-0.2, 0) is 9.59 Å². The summed E-state index contributed by atoms with van der Waals surface area (Å²) in [6.45, 7) is 5.43. The third kappa shape index (κ3) is 6.26. The number of thioether (sulfide) groups is 1.